The van der Waals surface area contributed by atoms with Gasteiger partial charge >= 0.3 is 0 Å². The van der Waals surface area contributed by atoms with Gasteiger partial charge in [-0.3, -0.25) is 0 Å². The summed E-state index contributed by atoms with van der Waals surface area (Å²) < 4.78 is 24.8. The van der Waals surface area contributed by atoms with E-state index in [0.717, 1.165) is 12.8 Å². The predicted molar refractivity (Wildman–Crippen MR) is 51.2 cm³/mol. The van der Waals surface area contributed by atoms with Gasteiger partial charge in [-0.05, 0) is 32.6 Å². The third kappa shape index (κ3) is 2.41. The van der Waals surface area contributed by atoms with Gasteiger partial charge < -0.3 is 0 Å². The normalized spacial score (nSPS) is 50.5. The highest BCUT2D eigenvalue weighted by Crippen LogP contribution is 2.58. The lowest BCUT2D eigenvalue weighted by atomic mass is 10.1. The summed E-state index contributed by atoms with van der Waals surface area (Å²) in [6, 6.07) is 0. The van der Waals surface area contributed by atoms with E-state index >= 15 is 0 Å². The largest absolute Gasteiger partial charge is 0.244 e. The summed E-state index contributed by atoms with van der Waals surface area (Å²) in [6.07, 6.45) is 1.51. The predicted octanol–water partition coefficient (Wildman–Crippen LogP) is 3.90. The first-order valence-electron chi connectivity index (χ1n) is 4.96. The molecule has 0 aromatic heterocycles. The fourth-order valence-electron chi connectivity index (χ4n) is 1.33. The van der Waals surface area contributed by atoms with Crippen molar-refractivity contribution in [3.8, 4) is 0 Å². The lowest BCUT2D eigenvalue weighted by Crippen LogP contribution is -2.01. The Labute approximate surface area is 79.7 Å². The summed E-state index contributed by atoms with van der Waals surface area (Å²) >= 11 is 0. The van der Waals surface area contributed by atoms with E-state index in [4.69, 9.17) is 0 Å². The Hall–Kier alpha value is -0.140. The van der Waals surface area contributed by atoms with Gasteiger partial charge in [0, 0.05) is 5.41 Å². The average molecular weight is 190 g/mol. The van der Waals surface area contributed by atoms with Crippen molar-refractivity contribution in [1.82, 2.24) is 0 Å². The van der Waals surface area contributed by atoms with Gasteiger partial charge in [0.1, 0.15) is 11.3 Å². The fourth-order valence-corrected chi connectivity index (χ4v) is 1.33. The van der Waals surface area contributed by atoms with Gasteiger partial charge in [-0.15, -0.1) is 0 Å². The molecule has 0 nitrogen and oxygen atoms in total. The van der Waals surface area contributed by atoms with Crippen LogP contribution in [0.25, 0.3) is 0 Å². The SMILES string of the molecule is CC1(C)CC1(C)F.CC1CC1(C)F. The van der Waals surface area contributed by atoms with Crippen LogP contribution in [0.15, 0.2) is 0 Å². The molecule has 0 N–H and O–H groups in total. The average Bonchev–Trinajstić information content (AvgIpc) is 2.48. The van der Waals surface area contributed by atoms with Crippen molar-refractivity contribution in [2.75, 3.05) is 0 Å². The first kappa shape index (κ1) is 10.9. The van der Waals surface area contributed by atoms with Gasteiger partial charge in [0.15, 0.2) is 0 Å². The minimum atomic E-state index is -0.854. The Morgan fingerprint density at radius 2 is 1.23 bits per heavy atom. The van der Waals surface area contributed by atoms with Crippen molar-refractivity contribution in [2.24, 2.45) is 11.3 Å². The first-order valence-corrected chi connectivity index (χ1v) is 4.96. The van der Waals surface area contributed by atoms with Crippen LogP contribution in [0.2, 0.25) is 0 Å². The number of hydrogen-bond donors (Lipinski definition) is 0. The number of alkyl halides is 2. The van der Waals surface area contributed by atoms with E-state index in [1.54, 1.807) is 13.8 Å². The molecule has 2 rings (SSSR count). The number of hydrogen-bond acceptors (Lipinski definition) is 0. The second-order valence-corrected chi connectivity index (χ2v) is 5.64. The van der Waals surface area contributed by atoms with Crippen molar-refractivity contribution in [1.29, 1.82) is 0 Å². The van der Waals surface area contributed by atoms with Gasteiger partial charge in [-0.25, -0.2) is 8.78 Å². The maximum Gasteiger partial charge on any atom is 0.114 e. The van der Waals surface area contributed by atoms with Gasteiger partial charge in [0.2, 0.25) is 0 Å². The van der Waals surface area contributed by atoms with Crippen molar-refractivity contribution in [3.05, 3.63) is 0 Å². The van der Waals surface area contributed by atoms with Crippen LogP contribution >= 0.6 is 0 Å². The van der Waals surface area contributed by atoms with Crippen molar-refractivity contribution < 1.29 is 8.78 Å². The van der Waals surface area contributed by atoms with Crippen LogP contribution in [0.5, 0.6) is 0 Å². The van der Waals surface area contributed by atoms with Crippen LogP contribution < -0.4 is 0 Å². The molecule has 0 amide bonds. The number of rotatable bonds is 0. The Morgan fingerprint density at radius 1 is 1.08 bits per heavy atom. The molecule has 0 heterocycles. The molecule has 0 aromatic carbocycles. The zero-order valence-electron chi connectivity index (χ0n) is 9.25. The van der Waals surface area contributed by atoms with Crippen LogP contribution in [0.4, 0.5) is 8.78 Å². The summed E-state index contributed by atoms with van der Waals surface area (Å²) in [6.45, 7) is 9.14. The molecular formula is C11H20F2. The molecule has 0 saturated heterocycles. The molecule has 2 fully saturated rings. The second kappa shape index (κ2) is 2.68. The fraction of sp³-hybridized carbons (Fsp3) is 1.00. The molecule has 2 saturated carbocycles. The lowest BCUT2D eigenvalue weighted by Gasteiger charge is -2.00. The summed E-state index contributed by atoms with van der Waals surface area (Å²) in [7, 11) is 0. The molecule has 0 aromatic rings. The molecule has 0 aliphatic heterocycles. The van der Waals surface area contributed by atoms with Gasteiger partial charge in [0.05, 0.1) is 0 Å². The zero-order valence-corrected chi connectivity index (χ0v) is 9.25. The minimum Gasteiger partial charge on any atom is -0.244 e. The minimum absolute atomic E-state index is 0.0208. The van der Waals surface area contributed by atoms with Gasteiger partial charge in [0.25, 0.3) is 0 Å². The third-order valence-electron chi connectivity index (χ3n) is 3.63. The number of halogens is 2. The molecule has 78 valence electrons. The van der Waals surface area contributed by atoms with Crippen molar-refractivity contribution in [3.63, 3.8) is 0 Å². The van der Waals surface area contributed by atoms with E-state index in [9.17, 15) is 8.78 Å². The highest BCUT2D eigenvalue weighted by molar-refractivity contribution is 5.07. The smallest absolute Gasteiger partial charge is 0.114 e. The summed E-state index contributed by atoms with van der Waals surface area (Å²) in [5.41, 5.74) is -1.67. The molecule has 2 heteroatoms. The maximum atomic E-state index is 12.6. The summed E-state index contributed by atoms with van der Waals surface area (Å²) in [5.74, 6) is 0.331. The van der Waals surface area contributed by atoms with Gasteiger partial charge in [-0.2, -0.15) is 0 Å². The molecular weight excluding hydrogens is 170 g/mol. The molecule has 2 aliphatic carbocycles. The molecule has 3 atom stereocenters. The van der Waals surface area contributed by atoms with Crippen molar-refractivity contribution in [2.45, 2.75) is 58.8 Å². The quantitative estimate of drug-likeness (QED) is 0.543. The van der Waals surface area contributed by atoms with E-state index in [1.165, 1.54) is 0 Å². The second-order valence-electron chi connectivity index (χ2n) is 5.64. The first-order chi connectivity index (χ1) is 5.58. The molecule has 13 heavy (non-hydrogen) atoms. The van der Waals surface area contributed by atoms with E-state index in [-0.39, 0.29) is 5.41 Å². The van der Waals surface area contributed by atoms with E-state index in [2.05, 4.69) is 0 Å². The standard InChI is InChI=1S/C6H11F.C5H9F/c1-5(2)4-6(5,3)7;1-4-3-5(4,2)6/h4H2,1-3H3;4H,3H2,1-2H3. The molecule has 0 radical (unpaired) electrons. The highest BCUT2D eigenvalue weighted by atomic mass is 19.1. The lowest BCUT2D eigenvalue weighted by molar-refractivity contribution is 0.271. The van der Waals surface area contributed by atoms with Crippen LogP contribution in [0, 0.1) is 11.3 Å². The van der Waals surface area contributed by atoms with Crippen molar-refractivity contribution >= 4 is 0 Å². The van der Waals surface area contributed by atoms with Crippen LogP contribution in [-0.2, 0) is 0 Å². The zero-order chi connectivity index (χ0) is 10.5. The molecule has 0 spiro atoms. The highest BCUT2D eigenvalue weighted by Gasteiger charge is 2.58. The van der Waals surface area contributed by atoms with E-state index in [1.807, 2.05) is 20.8 Å². The molecule has 2 aliphatic rings. The van der Waals surface area contributed by atoms with E-state index in [0.29, 0.717) is 5.92 Å². The summed E-state index contributed by atoms with van der Waals surface area (Å²) in [4.78, 5) is 0. The third-order valence-corrected chi connectivity index (χ3v) is 3.63. The Morgan fingerprint density at radius 3 is 1.23 bits per heavy atom. The topological polar surface area (TPSA) is 0 Å². The molecule has 3 unspecified atom stereocenters. The molecule has 0 bridgehead atoms. The van der Waals surface area contributed by atoms with Crippen LogP contribution in [0.1, 0.15) is 47.5 Å². The van der Waals surface area contributed by atoms with Gasteiger partial charge in [-0.1, -0.05) is 20.8 Å². The van der Waals surface area contributed by atoms with Crippen LogP contribution in [0.3, 0.4) is 0 Å². The maximum absolute atomic E-state index is 12.6. The van der Waals surface area contributed by atoms with Crippen LogP contribution in [-0.4, -0.2) is 11.3 Å². The monoisotopic (exact) mass is 190 g/mol. The Balaban J connectivity index is 0.000000132. The summed E-state index contributed by atoms with van der Waals surface area (Å²) in [5, 5.41) is 0. The van der Waals surface area contributed by atoms with E-state index < -0.39 is 11.3 Å². The Bertz CT molecular complexity index is 192. The Kier molecular flexibility index (Phi) is 2.25.